The number of nitrogens with zero attached hydrogens (tertiary/aromatic N) is 2. The Hall–Kier alpha value is -2.32. The molecule has 0 aromatic carbocycles. The SMILES string of the molecule is NC(=O)CCCCCN1OC2C(=O)NC(=O)C2C1c1ccccn1. The molecule has 2 saturated heterocycles. The molecule has 0 bridgehead atoms. The Morgan fingerprint density at radius 3 is 2.79 bits per heavy atom. The molecule has 8 heteroatoms. The van der Waals surface area contributed by atoms with Crippen LogP contribution in [0.2, 0.25) is 0 Å². The number of aromatic nitrogens is 1. The number of pyridine rings is 1. The van der Waals surface area contributed by atoms with E-state index in [9.17, 15) is 14.4 Å². The number of rotatable bonds is 7. The van der Waals surface area contributed by atoms with E-state index in [0.717, 1.165) is 12.8 Å². The Bertz CT molecular complexity index is 636. The molecule has 128 valence electrons. The monoisotopic (exact) mass is 332 g/mol. The van der Waals surface area contributed by atoms with Crippen LogP contribution in [-0.2, 0) is 19.2 Å². The highest BCUT2D eigenvalue weighted by Gasteiger charge is 2.56. The van der Waals surface area contributed by atoms with Crippen LogP contribution in [0.3, 0.4) is 0 Å². The van der Waals surface area contributed by atoms with Crippen molar-refractivity contribution in [3.05, 3.63) is 30.1 Å². The van der Waals surface area contributed by atoms with E-state index in [2.05, 4.69) is 10.3 Å². The van der Waals surface area contributed by atoms with Crippen molar-refractivity contribution in [2.45, 2.75) is 37.8 Å². The summed E-state index contributed by atoms with van der Waals surface area (Å²) in [5, 5.41) is 4.00. The van der Waals surface area contributed by atoms with Crippen molar-refractivity contribution in [1.82, 2.24) is 15.4 Å². The van der Waals surface area contributed by atoms with E-state index in [1.54, 1.807) is 17.3 Å². The van der Waals surface area contributed by atoms with Crippen molar-refractivity contribution in [2.24, 2.45) is 11.7 Å². The van der Waals surface area contributed by atoms with Gasteiger partial charge in [0, 0.05) is 19.2 Å². The highest BCUT2D eigenvalue weighted by Crippen LogP contribution is 2.41. The number of hydroxylamine groups is 2. The van der Waals surface area contributed by atoms with Gasteiger partial charge in [-0.1, -0.05) is 12.5 Å². The van der Waals surface area contributed by atoms with Crippen LogP contribution in [0.15, 0.2) is 24.4 Å². The molecular formula is C16H20N4O4. The molecule has 24 heavy (non-hydrogen) atoms. The van der Waals surface area contributed by atoms with Gasteiger partial charge in [-0.15, -0.1) is 0 Å². The van der Waals surface area contributed by atoms with Gasteiger partial charge < -0.3 is 5.73 Å². The van der Waals surface area contributed by atoms with Gasteiger partial charge in [0.15, 0.2) is 6.10 Å². The largest absolute Gasteiger partial charge is 0.370 e. The minimum Gasteiger partial charge on any atom is -0.370 e. The molecule has 3 amide bonds. The van der Waals surface area contributed by atoms with Crippen LogP contribution in [0.1, 0.15) is 37.4 Å². The first-order chi connectivity index (χ1) is 11.6. The number of hydrogen-bond donors (Lipinski definition) is 2. The zero-order valence-corrected chi connectivity index (χ0v) is 13.2. The Labute approximate surface area is 139 Å². The average molecular weight is 332 g/mol. The van der Waals surface area contributed by atoms with Crippen LogP contribution < -0.4 is 11.1 Å². The number of fused-ring (bicyclic) bond motifs is 1. The molecule has 0 saturated carbocycles. The highest BCUT2D eigenvalue weighted by molar-refractivity contribution is 6.07. The predicted octanol–water partition coefficient (Wildman–Crippen LogP) is 0.0568. The summed E-state index contributed by atoms with van der Waals surface area (Å²) >= 11 is 0. The number of primary amides is 1. The lowest BCUT2D eigenvalue weighted by Gasteiger charge is -2.24. The topological polar surface area (TPSA) is 115 Å². The van der Waals surface area contributed by atoms with Gasteiger partial charge >= 0.3 is 0 Å². The number of hydrogen-bond acceptors (Lipinski definition) is 6. The van der Waals surface area contributed by atoms with E-state index in [4.69, 9.17) is 10.6 Å². The quantitative estimate of drug-likeness (QED) is 0.539. The average Bonchev–Trinajstić information content (AvgIpc) is 3.06. The third kappa shape index (κ3) is 3.29. The summed E-state index contributed by atoms with van der Waals surface area (Å²) in [6.45, 7) is 0.549. The van der Waals surface area contributed by atoms with Crippen LogP contribution >= 0.6 is 0 Å². The fraction of sp³-hybridized carbons (Fsp3) is 0.500. The lowest BCUT2D eigenvalue weighted by atomic mass is 9.93. The minimum absolute atomic E-state index is 0.310. The molecule has 3 N–H and O–H groups in total. The standard InChI is InChI=1S/C16H20N4O4/c17-11(21)7-2-1-5-9-20-13(10-6-3-4-8-18-10)12-14(24-20)16(23)19-15(12)22/h3-4,6,8,12-14H,1-2,5,7,9H2,(H2,17,21)(H,19,22,23). The predicted molar refractivity (Wildman–Crippen MR) is 82.9 cm³/mol. The normalized spacial score (nSPS) is 26.4. The number of amides is 3. The van der Waals surface area contributed by atoms with Crippen molar-refractivity contribution >= 4 is 17.7 Å². The first kappa shape index (κ1) is 16.5. The molecule has 3 unspecified atom stereocenters. The van der Waals surface area contributed by atoms with Gasteiger partial charge in [-0.3, -0.25) is 29.5 Å². The molecule has 2 aliphatic heterocycles. The second-order valence-corrected chi connectivity index (χ2v) is 6.02. The Kier molecular flexibility index (Phi) is 4.86. The number of imide groups is 1. The van der Waals surface area contributed by atoms with Crippen molar-refractivity contribution in [1.29, 1.82) is 0 Å². The van der Waals surface area contributed by atoms with Crippen LogP contribution in [0.25, 0.3) is 0 Å². The summed E-state index contributed by atoms with van der Waals surface area (Å²) in [5.74, 6) is -1.62. The van der Waals surface area contributed by atoms with Crippen LogP contribution in [0, 0.1) is 5.92 Å². The van der Waals surface area contributed by atoms with Gasteiger partial charge in [-0.2, -0.15) is 5.06 Å². The maximum Gasteiger partial charge on any atom is 0.258 e. The second kappa shape index (κ2) is 7.06. The summed E-state index contributed by atoms with van der Waals surface area (Å²) < 4.78 is 0. The first-order valence-corrected chi connectivity index (χ1v) is 8.05. The Balaban J connectivity index is 1.69. The third-order valence-corrected chi connectivity index (χ3v) is 4.33. The molecule has 0 radical (unpaired) electrons. The molecule has 0 spiro atoms. The summed E-state index contributed by atoms with van der Waals surface area (Å²) in [6, 6.07) is 5.08. The zero-order chi connectivity index (χ0) is 17.1. The van der Waals surface area contributed by atoms with E-state index < -0.39 is 24.0 Å². The molecule has 1 aromatic heterocycles. The van der Waals surface area contributed by atoms with Crippen molar-refractivity contribution < 1.29 is 19.2 Å². The van der Waals surface area contributed by atoms with E-state index in [0.29, 0.717) is 25.1 Å². The Morgan fingerprint density at radius 2 is 2.08 bits per heavy atom. The van der Waals surface area contributed by atoms with Gasteiger partial charge in [0.1, 0.15) is 0 Å². The summed E-state index contributed by atoms with van der Waals surface area (Å²) in [6.07, 6.45) is 3.51. The maximum atomic E-state index is 12.1. The maximum absolute atomic E-state index is 12.1. The van der Waals surface area contributed by atoms with Crippen molar-refractivity contribution in [3.63, 3.8) is 0 Å². The second-order valence-electron chi connectivity index (χ2n) is 6.02. The van der Waals surface area contributed by atoms with E-state index in [-0.39, 0.29) is 11.8 Å². The minimum atomic E-state index is -0.796. The van der Waals surface area contributed by atoms with Crippen LogP contribution in [-0.4, -0.2) is 40.4 Å². The Morgan fingerprint density at radius 1 is 1.25 bits per heavy atom. The fourth-order valence-electron chi connectivity index (χ4n) is 3.21. The molecule has 3 atom stereocenters. The molecule has 0 aliphatic carbocycles. The summed E-state index contributed by atoms with van der Waals surface area (Å²) in [5.41, 5.74) is 5.82. The third-order valence-electron chi connectivity index (χ3n) is 4.33. The van der Waals surface area contributed by atoms with E-state index in [1.165, 1.54) is 0 Å². The van der Waals surface area contributed by atoms with Gasteiger partial charge in [0.05, 0.1) is 17.7 Å². The molecule has 3 heterocycles. The highest BCUT2D eigenvalue weighted by atomic mass is 16.7. The number of carbonyl (C=O) groups excluding carboxylic acids is 3. The van der Waals surface area contributed by atoms with Gasteiger partial charge in [0.25, 0.3) is 5.91 Å². The summed E-state index contributed by atoms with van der Waals surface area (Å²) in [7, 11) is 0. The van der Waals surface area contributed by atoms with Gasteiger partial charge in [0.2, 0.25) is 11.8 Å². The van der Waals surface area contributed by atoms with Crippen LogP contribution in [0.4, 0.5) is 0 Å². The molecule has 1 aromatic rings. The number of unbranched alkanes of at least 4 members (excludes halogenated alkanes) is 2. The number of carbonyl (C=O) groups is 3. The number of nitrogens with one attached hydrogen (secondary N) is 1. The van der Waals surface area contributed by atoms with E-state index >= 15 is 0 Å². The molecular weight excluding hydrogens is 312 g/mol. The fourth-order valence-corrected chi connectivity index (χ4v) is 3.21. The van der Waals surface area contributed by atoms with E-state index in [1.807, 2.05) is 12.1 Å². The van der Waals surface area contributed by atoms with Gasteiger partial charge in [-0.25, -0.2) is 0 Å². The number of nitrogens with two attached hydrogens (primary N) is 1. The molecule has 3 rings (SSSR count). The first-order valence-electron chi connectivity index (χ1n) is 8.05. The smallest absolute Gasteiger partial charge is 0.258 e. The molecule has 2 fully saturated rings. The van der Waals surface area contributed by atoms with Crippen molar-refractivity contribution in [2.75, 3.05) is 6.54 Å². The van der Waals surface area contributed by atoms with Gasteiger partial charge in [-0.05, 0) is 25.0 Å². The zero-order valence-electron chi connectivity index (χ0n) is 13.2. The lowest BCUT2D eigenvalue weighted by Crippen LogP contribution is -2.34. The lowest BCUT2D eigenvalue weighted by molar-refractivity contribution is -0.174. The molecule has 8 nitrogen and oxygen atoms in total. The summed E-state index contributed by atoms with van der Waals surface area (Å²) in [4.78, 5) is 44.8. The molecule has 2 aliphatic rings. The van der Waals surface area contributed by atoms with Crippen molar-refractivity contribution in [3.8, 4) is 0 Å². The van der Waals surface area contributed by atoms with Crippen LogP contribution in [0.5, 0.6) is 0 Å².